The van der Waals surface area contributed by atoms with Gasteiger partial charge in [0.05, 0.1) is 17.4 Å². The molecular formula is C19H29N3O4S. The van der Waals surface area contributed by atoms with Crippen molar-refractivity contribution in [2.24, 2.45) is 5.92 Å². The van der Waals surface area contributed by atoms with E-state index in [4.69, 9.17) is 4.74 Å². The average Bonchev–Trinajstić information content (AvgIpc) is 2.69. The first kappa shape index (κ1) is 20.1. The lowest BCUT2D eigenvalue weighted by Crippen LogP contribution is -2.52. The van der Waals surface area contributed by atoms with Crippen LogP contribution in [-0.2, 0) is 14.8 Å². The molecule has 8 heteroatoms. The van der Waals surface area contributed by atoms with E-state index in [2.05, 4.69) is 4.90 Å². The molecule has 1 aromatic rings. The molecule has 2 saturated heterocycles. The molecule has 27 heavy (non-hydrogen) atoms. The summed E-state index contributed by atoms with van der Waals surface area (Å²) in [6.07, 6.45) is 1.46. The highest BCUT2D eigenvalue weighted by atomic mass is 32.2. The minimum atomic E-state index is -3.60. The van der Waals surface area contributed by atoms with Crippen molar-refractivity contribution in [3.8, 4) is 5.75 Å². The maximum atomic E-state index is 13.0. The Morgan fingerprint density at radius 2 is 1.78 bits per heavy atom. The monoisotopic (exact) mass is 395 g/mol. The minimum Gasteiger partial charge on any atom is -0.494 e. The number of amides is 1. The van der Waals surface area contributed by atoms with Gasteiger partial charge in [0.2, 0.25) is 15.9 Å². The lowest BCUT2D eigenvalue weighted by Gasteiger charge is -2.37. The summed E-state index contributed by atoms with van der Waals surface area (Å²) in [7, 11) is -1.55. The molecule has 0 radical (unpaired) electrons. The molecule has 0 aliphatic carbocycles. The van der Waals surface area contributed by atoms with E-state index in [1.54, 1.807) is 24.3 Å². The van der Waals surface area contributed by atoms with Crippen LogP contribution in [0, 0.1) is 5.92 Å². The van der Waals surface area contributed by atoms with Gasteiger partial charge in [0, 0.05) is 39.3 Å². The lowest BCUT2D eigenvalue weighted by molar-refractivity contribution is -0.138. The quantitative estimate of drug-likeness (QED) is 0.751. The molecule has 0 spiro atoms. The molecule has 1 atom stereocenters. The smallest absolute Gasteiger partial charge is 0.243 e. The topological polar surface area (TPSA) is 70.2 Å². The number of likely N-dealkylation sites (N-methyl/N-ethyl adjacent to an activating group) is 1. The van der Waals surface area contributed by atoms with E-state index in [0.29, 0.717) is 25.3 Å². The fourth-order valence-corrected chi connectivity index (χ4v) is 5.19. The van der Waals surface area contributed by atoms with Crippen molar-refractivity contribution in [1.29, 1.82) is 0 Å². The van der Waals surface area contributed by atoms with Crippen molar-refractivity contribution < 1.29 is 17.9 Å². The van der Waals surface area contributed by atoms with Crippen molar-refractivity contribution in [3.05, 3.63) is 24.3 Å². The largest absolute Gasteiger partial charge is 0.494 e. The van der Waals surface area contributed by atoms with Crippen molar-refractivity contribution in [2.45, 2.75) is 24.7 Å². The van der Waals surface area contributed by atoms with Crippen LogP contribution in [0.2, 0.25) is 0 Å². The van der Waals surface area contributed by atoms with Crippen molar-refractivity contribution >= 4 is 15.9 Å². The Bertz CT molecular complexity index is 743. The van der Waals surface area contributed by atoms with Crippen LogP contribution >= 0.6 is 0 Å². The normalized spacial score (nSPS) is 22.6. The molecule has 3 rings (SSSR count). The van der Waals surface area contributed by atoms with Gasteiger partial charge in [0.15, 0.2) is 0 Å². The summed E-state index contributed by atoms with van der Waals surface area (Å²) in [5, 5.41) is 0. The zero-order valence-electron chi connectivity index (χ0n) is 16.1. The molecule has 0 N–H and O–H groups in total. The van der Waals surface area contributed by atoms with Crippen LogP contribution in [0.5, 0.6) is 5.75 Å². The number of hydrogen-bond acceptors (Lipinski definition) is 5. The predicted octanol–water partition coefficient (Wildman–Crippen LogP) is 1.26. The number of piperidine rings is 1. The zero-order chi connectivity index (χ0) is 19.4. The van der Waals surface area contributed by atoms with E-state index in [9.17, 15) is 13.2 Å². The van der Waals surface area contributed by atoms with Crippen LogP contribution in [0.3, 0.4) is 0 Å². The minimum absolute atomic E-state index is 0.0923. The first-order valence-corrected chi connectivity index (χ1v) is 11.1. The third-order valence-corrected chi connectivity index (χ3v) is 7.20. The summed E-state index contributed by atoms with van der Waals surface area (Å²) in [6, 6.07) is 6.50. The van der Waals surface area contributed by atoms with Gasteiger partial charge in [-0.25, -0.2) is 8.42 Å². The molecule has 7 nitrogen and oxygen atoms in total. The summed E-state index contributed by atoms with van der Waals surface area (Å²) < 4.78 is 32.8. The highest BCUT2D eigenvalue weighted by Crippen LogP contribution is 2.26. The summed E-state index contributed by atoms with van der Waals surface area (Å²) in [5.41, 5.74) is 0. The maximum absolute atomic E-state index is 13.0. The summed E-state index contributed by atoms with van der Waals surface area (Å²) in [4.78, 5) is 17.2. The number of nitrogens with zero attached hydrogens (tertiary/aromatic N) is 3. The SMILES string of the molecule is CCOc1ccc(S(=O)(=O)N2CCC[C@H](C(=O)N3CCN(C)CC3)C2)cc1. The molecule has 2 fully saturated rings. The van der Waals surface area contributed by atoms with Crippen LogP contribution in [-0.4, -0.2) is 81.4 Å². The summed E-state index contributed by atoms with van der Waals surface area (Å²) in [5.74, 6) is 0.493. The van der Waals surface area contributed by atoms with Crippen molar-refractivity contribution in [2.75, 3.05) is 52.9 Å². The molecule has 1 aromatic carbocycles. The van der Waals surface area contributed by atoms with Gasteiger partial charge in [-0.3, -0.25) is 4.79 Å². The molecule has 0 bridgehead atoms. The summed E-state index contributed by atoms with van der Waals surface area (Å²) in [6.45, 7) is 6.32. The van der Waals surface area contributed by atoms with Gasteiger partial charge in [0.1, 0.15) is 5.75 Å². The van der Waals surface area contributed by atoms with Crippen LogP contribution < -0.4 is 4.74 Å². The van der Waals surface area contributed by atoms with Gasteiger partial charge in [-0.2, -0.15) is 4.31 Å². The van der Waals surface area contributed by atoms with E-state index in [0.717, 1.165) is 32.6 Å². The molecule has 0 unspecified atom stereocenters. The van der Waals surface area contributed by atoms with Gasteiger partial charge >= 0.3 is 0 Å². The Balaban J connectivity index is 1.68. The van der Waals surface area contributed by atoms with Gasteiger partial charge < -0.3 is 14.5 Å². The van der Waals surface area contributed by atoms with Gasteiger partial charge in [-0.05, 0) is 51.1 Å². The number of benzene rings is 1. The van der Waals surface area contributed by atoms with E-state index in [1.807, 2.05) is 18.9 Å². The van der Waals surface area contributed by atoms with Crippen LogP contribution in [0.4, 0.5) is 0 Å². The third kappa shape index (κ3) is 4.62. The Morgan fingerprint density at radius 3 is 2.41 bits per heavy atom. The third-order valence-electron chi connectivity index (χ3n) is 5.32. The molecular weight excluding hydrogens is 366 g/mol. The lowest BCUT2D eigenvalue weighted by atomic mass is 9.98. The Labute approximate surface area is 161 Å². The van der Waals surface area contributed by atoms with E-state index >= 15 is 0 Å². The fourth-order valence-electron chi connectivity index (χ4n) is 3.67. The van der Waals surface area contributed by atoms with Gasteiger partial charge in [-0.1, -0.05) is 0 Å². The molecule has 2 aliphatic rings. The Hall–Kier alpha value is -1.64. The van der Waals surface area contributed by atoms with Crippen LogP contribution in [0.15, 0.2) is 29.2 Å². The number of piperazine rings is 1. The molecule has 1 amide bonds. The maximum Gasteiger partial charge on any atom is 0.243 e. The zero-order valence-corrected chi connectivity index (χ0v) is 17.0. The number of sulfonamides is 1. The number of carbonyl (C=O) groups excluding carboxylic acids is 1. The first-order valence-electron chi connectivity index (χ1n) is 9.62. The second kappa shape index (κ2) is 8.58. The van der Waals surface area contributed by atoms with E-state index in [-0.39, 0.29) is 23.3 Å². The molecule has 2 heterocycles. The number of ether oxygens (including phenoxy) is 1. The number of carbonyl (C=O) groups is 1. The first-order chi connectivity index (χ1) is 12.9. The summed E-state index contributed by atoms with van der Waals surface area (Å²) >= 11 is 0. The standard InChI is InChI=1S/C19H29N3O4S/c1-3-26-17-6-8-18(9-7-17)27(24,25)22-10-4-5-16(15-22)19(23)21-13-11-20(2)12-14-21/h6-9,16H,3-5,10-15H2,1-2H3/t16-/m0/s1. The van der Waals surface area contributed by atoms with Crippen LogP contribution in [0.25, 0.3) is 0 Å². The highest BCUT2D eigenvalue weighted by Gasteiger charge is 2.35. The predicted molar refractivity (Wildman–Crippen MR) is 103 cm³/mol. The number of hydrogen-bond donors (Lipinski definition) is 0. The highest BCUT2D eigenvalue weighted by molar-refractivity contribution is 7.89. The van der Waals surface area contributed by atoms with Crippen molar-refractivity contribution in [3.63, 3.8) is 0 Å². The average molecular weight is 396 g/mol. The second-order valence-corrected chi connectivity index (χ2v) is 9.17. The fraction of sp³-hybridized carbons (Fsp3) is 0.632. The number of rotatable bonds is 5. The molecule has 2 aliphatic heterocycles. The molecule has 0 saturated carbocycles. The molecule has 150 valence electrons. The molecule has 0 aromatic heterocycles. The van der Waals surface area contributed by atoms with E-state index in [1.165, 1.54) is 4.31 Å². The Morgan fingerprint density at radius 1 is 1.11 bits per heavy atom. The Kier molecular flexibility index (Phi) is 6.39. The van der Waals surface area contributed by atoms with Crippen LogP contribution in [0.1, 0.15) is 19.8 Å². The van der Waals surface area contributed by atoms with E-state index < -0.39 is 10.0 Å². The van der Waals surface area contributed by atoms with Gasteiger partial charge in [-0.15, -0.1) is 0 Å². The van der Waals surface area contributed by atoms with Crippen molar-refractivity contribution in [1.82, 2.24) is 14.1 Å². The second-order valence-electron chi connectivity index (χ2n) is 7.24. The van der Waals surface area contributed by atoms with Gasteiger partial charge in [0.25, 0.3) is 0 Å².